The molecule has 0 radical (unpaired) electrons. The minimum atomic E-state index is -4.93. The van der Waals surface area contributed by atoms with Gasteiger partial charge in [0.05, 0.1) is 12.6 Å². The molecule has 0 spiro atoms. The van der Waals surface area contributed by atoms with Crippen molar-refractivity contribution >= 4 is 16.9 Å². The second-order valence-corrected chi connectivity index (χ2v) is 4.51. The summed E-state index contributed by atoms with van der Waals surface area (Å²) >= 11 is 0. The zero-order valence-electron chi connectivity index (χ0n) is 12.1. The SMILES string of the molecule is CCc1nc2ccc(OCCNC(=O)C(F)(F)F)cc2[n+]([O-])n1. The number of halogens is 3. The monoisotopic (exact) mass is 330 g/mol. The first-order chi connectivity index (χ1) is 10.8. The van der Waals surface area contributed by atoms with Crippen LogP contribution in [0.5, 0.6) is 5.75 Å². The fourth-order valence-electron chi connectivity index (χ4n) is 1.74. The van der Waals surface area contributed by atoms with Crippen LogP contribution in [0.4, 0.5) is 13.2 Å². The Morgan fingerprint density at radius 1 is 1.43 bits per heavy atom. The largest absolute Gasteiger partial charge is 0.594 e. The summed E-state index contributed by atoms with van der Waals surface area (Å²) in [6.45, 7) is 1.31. The number of nitrogens with zero attached hydrogens (tertiary/aromatic N) is 3. The quantitative estimate of drug-likeness (QED) is 0.499. The first-order valence-electron chi connectivity index (χ1n) is 6.69. The second-order valence-electron chi connectivity index (χ2n) is 4.51. The number of aryl methyl sites for hydroxylation is 1. The van der Waals surface area contributed by atoms with Gasteiger partial charge < -0.3 is 15.3 Å². The van der Waals surface area contributed by atoms with Gasteiger partial charge in [0.2, 0.25) is 0 Å². The second kappa shape index (κ2) is 6.63. The summed E-state index contributed by atoms with van der Waals surface area (Å²) in [5.74, 6) is -1.37. The van der Waals surface area contributed by atoms with Crippen molar-refractivity contribution < 1.29 is 27.5 Å². The molecule has 0 aliphatic rings. The number of amides is 1. The van der Waals surface area contributed by atoms with Gasteiger partial charge in [0.25, 0.3) is 5.52 Å². The van der Waals surface area contributed by atoms with E-state index in [0.717, 1.165) is 0 Å². The fourth-order valence-corrected chi connectivity index (χ4v) is 1.74. The first kappa shape index (κ1) is 16.7. The average Bonchev–Trinajstić information content (AvgIpc) is 2.50. The lowest BCUT2D eigenvalue weighted by molar-refractivity contribution is -0.644. The topological polar surface area (TPSA) is 91.0 Å². The highest BCUT2D eigenvalue weighted by Gasteiger charge is 2.38. The van der Waals surface area contributed by atoms with Gasteiger partial charge in [-0.15, -0.1) is 0 Å². The van der Waals surface area contributed by atoms with Gasteiger partial charge in [0.1, 0.15) is 17.9 Å². The molecule has 0 saturated heterocycles. The maximum Gasteiger partial charge on any atom is 0.471 e. The molecule has 7 nitrogen and oxygen atoms in total. The lowest BCUT2D eigenvalue weighted by atomic mass is 10.3. The van der Waals surface area contributed by atoms with Crippen LogP contribution in [-0.2, 0) is 11.2 Å². The molecular formula is C13H13F3N4O3. The van der Waals surface area contributed by atoms with Crippen LogP contribution in [0.3, 0.4) is 0 Å². The van der Waals surface area contributed by atoms with Crippen molar-refractivity contribution in [2.45, 2.75) is 19.5 Å². The Hall–Kier alpha value is -2.65. The smallest absolute Gasteiger partial charge is 0.471 e. The van der Waals surface area contributed by atoms with Crippen molar-refractivity contribution in [2.24, 2.45) is 0 Å². The number of aromatic nitrogens is 3. The highest BCUT2D eigenvalue weighted by Crippen LogP contribution is 2.17. The molecule has 0 unspecified atom stereocenters. The average molecular weight is 330 g/mol. The van der Waals surface area contributed by atoms with E-state index in [9.17, 15) is 23.2 Å². The van der Waals surface area contributed by atoms with E-state index in [4.69, 9.17) is 4.74 Å². The Bertz CT molecular complexity index is 721. The number of rotatable bonds is 5. The molecule has 2 aromatic rings. The zero-order valence-corrected chi connectivity index (χ0v) is 12.1. The summed E-state index contributed by atoms with van der Waals surface area (Å²) in [5, 5.41) is 17.2. The summed E-state index contributed by atoms with van der Waals surface area (Å²) in [6, 6.07) is 4.46. The number of nitrogens with one attached hydrogen (secondary N) is 1. The van der Waals surface area contributed by atoms with E-state index in [1.54, 1.807) is 11.4 Å². The third-order valence-electron chi connectivity index (χ3n) is 2.84. The van der Waals surface area contributed by atoms with Crippen LogP contribution in [-0.4, -0.2) is 35.3 Å². The van der Waals surface area contributed by atoms with Crippen LogP contribution in [0, 0.1) is 5.21 Å². The van der Waals surface area contributed by atoms with Crippen molar-refractivity contribution in [2.75, 3.05) is 13.2 Å². The van der Waals surface area contributed by atoms with Crippen molar-refractivity contribution in [3.8, 4) is 5.75 Å². The predicted octanol–water partition coefficient (Wildman–Crippen LogP) is 0.883. The maximum atomic E-state index is 12.0. The lowest BCUT2D eigenvalue weighted by Crippen LogP contribution is -2.38. The number of carbonyl (C=O) groups excluding carboxylic acids is 1. The molecule has 0 saturated carbocycles. The molecule has 1 aromatic heterocycles. The molecule has 1 N–H and O–H groups in total. The van der Waals surface area contributed by atoms with Gasteiger partial charge in [0.15, 0.2) is 5.82 Å². The minimum Gasteiger partial charge on any atom is -0.594 e. The van der Waals surface area contributed by atoms with E-state index < -0.39 is 12.1 Å². The maximum absolute atomic E-state index is 12.0. The number of hydrogen-bond donors (Lipinski definition) is 1. The van der Waals surface area contributed by atoms with Gasteiger partial charge in [-0.05, 0) is 17.0 Å². The van der Waals surface area contributed by atoms with Gasteiger partial charge in [-0.25, -0.2) is 4.98 Å². The first-order valence-corrected chi connectivity index (χ1v) is 6.69. The Morgan fingerprint density at radius 2 is 2.17 bits per heavy atom. The van der Waals surface area contributed by atoms with Crippen LogP contribution in [0.1, 0.15) is 12.7 Å². The van der Waals surface area contributed by atoms with Crippen molar-refractivity contribution in [3.05, 3.63) is 29.2 Å². The summed E-state index contributed by atoms with van der Waals surface area (Å²) in [6.07, 6.45) is -4.42. The third-order valence-corrected chi connectivity index (χ3v) is 2.84. The van der Waals surface area contributed by atoms with Crippen LogP contribution in [0.15, 0.2) is 18.2 Å². The molecule has 0 bridgehead atoms. The number of hydrogen-bond acceptors (Lipinski definition) is 5. The Morgan fingerprint density at radius 3 is 2.83 bits per heavy atom. The zero-order chi connectivity index (χ0) is 17.0. The number of ether oxygens (including phenoxy) is 1. The Kier molecular flexibility index (Phi) is 4.82. The predicted molar refractivity (Wildman–Crippen MR) is 72.4 cm³/mol. The third kappa shape index (κ3) is 4.18. The molecule has 0 atom stereocenters. The van der Waals surface area contributed by atoms with Crippen LogP contribution < -0.4 is 14.9 Å². The summed E-state index contributed by atoms with van der Waals surface area (Å²) < 4.78 is 41.1. The molecule has 2 rings (SSSR count). The van der Waals surface area contributed by atoms with E-state index >= 15 is 0 Å². The van der Waals surface area contributed by atoms with E-state index in [1.807, 2.05) is 6.92 Å². The molecule has 0 fully saturated rings. The molecule has 124 valence electrons. The number of carbonyl (C=O) groups is 1. The van der Waals surface area contributed by atoms with E-state index in [-0.39, 0.29) is 24.4 Å². The van der Waals surface area contributed by atoms with Gasteiger partial charge in [-0.1, -0.05) is 6.92 Å². The van der Waals surface area contributed by atoms with Crippen molar-refractivity contribution in [1.29, 1.82) is 0 Å². The molecule has 23 heavy (non-hydrogen) atoms. The molecule has 1 amide bonds. The van der Waals surface area contributed by atoms with E-state index in [2.05, 4.69) is 10.1 Å². The molecular weight excluding hydrogens is 317 g/mol. The number of alkyl halides is 3. The van der Waals surface area contributed by atoms with Crippen LogP contribution in [0.2, 0.25) is 0 Å². The highest BCUT2D eigenvalue weighted by molar-refractivity contribution is 5.81. The summed E-state index contributed by atoms with van der Waals surface area (Å²) in [4.78, 5) is 15.2. The molecule has 0 aliphatic carbocycles. The van der Waals surface area contributed by atoms with E-state index in [0.29, 0.717) is 22.6 Å². The summed E-state index contributed by atoms with van der Waals surface area (Å²) in [7, 11) is 0. The number of fused-ring (bicyclic) bond motifs is 1. The van der Waals surface area contributed by atoms with Gasteiger partial charge >= 0.3 is 12.1 Å². The van der Waals surface area contributed by atoms with Crippen molar-refractivity contribution in [1.82, 2.24) is 15.4 Å². The molecule has 0 aliphatic heterocycles. The summed E-state index contributed by atoms with van der Waals surface area (Å²) in [5.41, 5.74) is 0.614. The van der Waals surface area contributed by atoms with Gasteiger partial charge in [-0.2, -0.15) is 13.2 Å². The molecule has 10 heteroatoms. The normalized spacial score (nSPS) is 11.5. The highest BCUT2D eigenvalue weighted by atomic mass is 19.4. The Labute approximate surface area is 128 Å². The lowest BCUT2D eigenvalue weighted by Gasteiger charge is -2.09. The fraction of sp³-hybridized carbons (Fsp3) is 0.385. The standard InChI is InChI=1S/C13H13F3N4O3/c1-2-11-18-9-4-3-8(7-10(9)20(22)19-11)23-6-5-17-12(21)13(14,15)16/h3-4,7H,2,5-6H2,1H3,(H,17,21). The van der Waals surface area contributed by atoms with E-state index in [1.165, 1.54) is 12.1 Å². The van der Waals surface area contributed by atoms with Gasteiger partial charge in [0, 0.05) is 11.5 Å². The van der Waals surface area contributed by atoms with Crippen LogP contribution in [0.25, 0.3) is 11.0 Å². The Balaban J connectivity index is 1.99. The molecule has 1 heterocycles. The molecule has 1 aromatic carbocycles. The van der Waals surface area contributed by atoms with Gasteiger partial charge in [-0.3, -0.25) is 4.79 Å². The van der Waals surface area contributed by atoms with Crippen LogP contribution >= 0.6 is 0 Å². The number of benzene rings is 1. The van der Waals surface area contributed by atoms with Crippen molar-refractivity contribution in [3.63, 3.8) is 0 Å². The minimum absolute atomic E-state index is 0.180.